The first-order valence-electron chi connectivity index (χ1n) is 5.06. The third-order valence-corrected chi connectivity index (χ3v) is 2.44. The molecule has 0 unspecified atom stereocenters. The average Bonchev–Trinajstić information content (AvgIpc) is 2.80. The number of para-hydroxylation sites is 1. The van der Waals surface area contributed by atoms with Gasteiger partial charge in [-0.05, 0) is 24.6 Å². The average molecular weight is 212 g/mol. The fourth-order valence-corrected chi connectivity index (χ4v) is 1.58. The molecule has 2 rings (SSSR count). The molecule has 0 fully saturated rings. The van der Waals surface area contributed by atoms with Crippen molar-refractivity contribution < 1.29 is 4.42 Å². The molecule has 0 spiro atoms. The van der Waals surface area contributed by atoms with Crippen molar-refractivity contribution in [1.82, 2.24) is 0 Å². The fourth-order valence-electron chi connectivity index (χ4n) is 1.58. The van der Waals surface area contributed by atoms with Crippen molar-refractivity contribution in [2.75, 3.05) is 5.32 Å². The third kappa shape index (κ3) is 2.06. The van der Waals surface area contributed by atoms with Crippen LogP contribution in [0.5, 0.6) is 0 Å². The Bertz CT molecular complexity index is 509. The summed E-state index contributed by atoms with van der Waals surface area (Å²) < 4.78 is 4.98. The lowest BCUT2D eigenvalue weighted by atomic mass is 10.1. The normalized spacial score (nSPS) is 9.75. The van der Waals surface area contributed by atoms with Gasteiger partial charge in [-0.25, -0.2) is 0 Å². The molecule has 1 heterocycles. The Kier molecular flexibility index (Phi) is 2.93. The summed E-state index contributed by atoms with van der Waals surface area (Å²) in [5.41, 5.74) is 3.70. The molecule has 0 radical (unpaired) electrons. The molecule has 1 aromatic heterocycles. The van der Waals surface area contributed by atoms with Gasteiger partial charge in [0, 0.05) is 12.1 Å². The van der Waals surface area contributed by atoms with Gasteiger partial charge < -0.3 is 9.73 Å². The van der Waals surface area contributed by atoms with Gasteiger partial charge in [0.25, 0.3) is 0 Å². The summed E-state index contributed by atoms with van der Waals surface area (Å²) in [4.78, 5) is 0. The van der Waals surface area contributed by atoms with E-state index in [1.807, 2.05) is 31.2 Å². The number of aryl methyl sites for hydroxylation is 1. The van der Waals surface area contributed by atoms with Crippen molar-refractivity contribution in [3.8, 4) is 6.07 Å². The molecule has 0 atom stereocenters. The molecule has 1 aromatic carbocycles. The number of nitrogens with one attached hydrogen (secondary N) is 1. The molecule has 16 heavy (non-hydrogen) atoms. The van der Waals surface area contributed by atoms with E-state index < -0.39 is 0 Å². The minimum Gasteiger partial charge on any atom is -0.472 e. The number of rotatable bonds is 3. The van der Waals surface area contributed by atoms with E-state index in [0.29, 0.717) is 12.1 Å². The summed E-state index contributed by atoms with van der Waals surface area (Å²) in [6, 6.07) is 9.76. The molecule has 1 N–H and O–H groups in total. The Balaban J connectivity index is 2.18. The predicted octanol–water partition coefficient (Wildman–Crippen LogP) is 3.07. The minimum atomic E-state index is 0.663. The predicted molar refractivity (Wildman–Crippen MR) is 61.9 cm³/mol. The fraction of sp³-hybridized carbons (Fsp3) is 0.154. The van der Waals surface area contributed by atoms with Crippen LogP contribution >= 0.6 is 0 Å². The number of hydrogen-bond donors (Lipinski definition) is 1. The van der Waals surface area contributed by atoms with Crippen LogP contribution in [-0.4, -0.2) is 0 Å². The first-order valence-corrected chi connectivity index (χ1v) is 5.06. The van der Waals surface area contributed by atoms with E-state index in [0.717, 1.165) is 16.8 Å². The van der Waals surface area contributed by atoms with Crippen LogP contribution in [0.4, 0.5) is 5.69 Å². The number of benzene rings is 1. The molecule has 0 saturated heterocycles. The quantitative estimate of drug-likeness (QED) is 0.850. The molecule has 3 nitrogen and oxygen atoms in total. The van der Waals surface area contributed by atoms with E-state index in [2.05, 4.69) is 11.4 Å². The number of nitriles is 1. The monoisotopic (exact) mass is 212 g/mol. The SMILES string of the molecule is Cc1cccc(C#N)c1NCc1ccoc1. The molecule has 0 saturated carbocycles. The first-order chi connectivity index (χ1) is 7.81. The standard InChI is InChI=1S/C13H12N2O/c1-10-3-2-4-12(7-14)13(10)15-8-11-5-6-16-9-11/h2-6,9,15H,8H2,1H3. The molecule has 80 valence electrons. The van der Waals surface area contributed by atoms with Crippen LogP contribution in [0.1, 0.15) is 16.7 Å². The molecule has 0 amide bonds. The Labute approximate surface area is 94.3 Å². The van der Waals surface area contributed by atoms with Gasteiger partial charge >= 0.3 is 0 Å². The van der Waals surface area contributed by atoms with Gasteiger partial charge in [-0.1, -0.05) is 12.1 Å². The highest BCUT2D eigenvalue weighted by molar-refractivity contribution is 5.62. The summed E-state index contributed by atoms with van der Waals surface area (Å²) >= 11 is 0. The van der Waals surface area contributed by atoms with Crippen LogP contribution in [0.15, 0.2) is 41.2 Å². The number of hydrogen-bond acceptors (Lipinski definition) is 3. The van der Waals surface area contributed by atoms with Crippen molar-refractivity contribution >= 4 is 5.69 Å². The lowest BCUT2D eigenvalue weighted by Crippen LogP contribution is -2.02. The van der Waals surface area contributed by atoms with Gasteiger partial charge in [0.05, 0.1) is 23.8 Å². The molecule has 0 aliphatic heterocycles. The van der Waals surface area contributed by atoms with Crippen molar-refractivity contribution in [2.45, 2.75) is 13.5 Å². The van der Waals surface area contributed by atoms with E-state index >= 15 is 0 Å². The third-order valence-electron chi connectivity index (χ3n) is 2.44. The Morgan fingerprint density at radius 1 is 1.38 bits per heavy atom. The highest BCUT2D eigenvalue weighted by Gasteiger charge is 2.04. The second-order valence-electron chi connectivity index (χ2n) is 3.59. The molecule has 0 bridgehead atoms. The summed E-state index contributed by atoms with van der Waals surface area (Å²) in [7, 11) is 0. The Hall–Kier alpha value is -2.21. The zero-order valence-corrected chi connectivity index (χ0v) is 9.03. The van der Waals surface area contributed by atoms with Gasteiger partial charge in [-0.3, -0.25) is 0 Å². The highest BCUT2D eigenvalue weighted by atomic mass is 16.3. The summed E-state index contributed by atoms with van der Waals surface area (Å²) in [6.45, 7) is 2.65. The van der Waals surface area contributed by atoms with E-state index in [1.165, 1.54) is 0 Å². The van der Waals surface area contributed by atoms with Crippen LogP contribution < -0.4 is 5.32 Å². The Morgan fingerprint density at radius 2 is 2.25 bits per heavy atom. The molecule has 0 aliphatic carbocycles. The lowest BCUT2D eigenvalue weighted by Gasteiger charge is -2.09. The number of furan rings is 1. The van der Waals surface area contributed by atoms with Gasteiger partial charge in [0.2, 0.25) is 0 Å². The van der Waals surface area contributed by atoms with Crippen LogP contribution in [0.25, 0.3) is 0 Å². The van der Waals surface area contributed by atoms with Crippen LogP contribution in [0.3, 0.4) is 0 Å². The van der Waals surface area contributed by atoms with E-state index in [1.54, 1.807) is 12.5 Å². The van der Waals surface area contributed by atoms with Crippen molar-refractivity contribution in [2.24, 2.45) is 0 Å². The van der Waals surface area contributed by atoms with Crippen LogP contribution in [-0.2, 0) is 6.54 Å². The molecule has 0 aliphatic rings. The van der Waals surface area contributed by atoms with Crippen molar-refractivity contribution in [3.05, 3.63) is 53.5 Å². The van der Waals surface area contributed by atoms with Gasteiger partial charge in [0.15, 0.2) is 0 Å². The second-order valence-corrected chi connectivity index (χ2v) is 3.59. The Morgan fingerprint density at radius 3 is 2.94 bits per heavy atom. The maximum atomic E-state index is 8.99. The summed E-state index contributed by atoms with van der Waals surface area (Å²) in [5.74, 6) is 0. The molecule has 2 aromatic rings. The number of anilines is 1. The van der Waals surface area contributed by atoms with Gasteiger partial charge in [0.1, 0.15) is 6.07 Å². The second kappa shape index (κ2) is 4.54. The topological polar surface area (TPSA) is 49.0 Å². The van der Waals surface area contributed by atoms with E-state index in [-0.39, 0.29) is 0 Å². The zero-order valence-electron chi connectivity index (χ0n) is 9.03. The summed E-state index contributed by atoms with van der Waals surface area (Å²) in [6.07, 6.45) is 3.33. The highest BCUT2D eigenvalue weighted by Crippen LogP contribution is 2.20. The smallest absolute Gasteiger partial charge is 0.101 e. The minimum absolute atomic E-state index is 0.663. The van der Waals surface area contributed by atoms with Gasteiger partial charge in [-0.2, -0.15) is 5.26 Å². The number of nitrogens with zero attached hydrogens (tertiary/aromatic N) is 1. The van der Waals surface area contributed by atoms with Crippen molar-refractivity contribution in [3.63, 3.8) is 0 Å². The lowest BCUT2D eigenvalue weighted by molar-refractivity contribution is 0.564. The van der Waals surface area contributed by atoms with Crippen LogP contribution in [0, 0.1) is 18.3 Å². The molecular weight excluding hydrogens is 200 g/mol. The maximum absolute atomic E-state index is 8.99. The van der Waals surface area contributed by atoms with E-state index in [9.17, 15) is 0 Å². The largest absolute Gasteiger partial charge is 0.472 e. The maximum Gasteiger partial charge on any atom is 0.101 e. The molecular formula is C13H12N2O. The van der Waals surface area contributed by atoms with Gasteiger partial charge in [-0.15, -0.1) is 0 Å². The first kappa shape index (κ1) is 10.3. The zero-order chi connectivity index (χ0) is 11.4. The summed E-state index contributed by atoms with van der Waals surface area (Å²) in [5, 5.41) is 12.2. The molecule has 3 heteroatoms. The van der Waals surface area contributed by atoms with Crippen molar-refractivity contribution in [1.29, 1.82) is 5.26 Å². The van der Waals surface area contributed by atoms with E-state index in [4.69, 9.17) is 9.68 Å². The van der Waals surface area contributed by atoms with Crippen LogP contribution in [0.2, 0.25) is 0 Å².